The molecule has 0 unspecified atom stereocenters. The van der Waals surface area contributed by atoms with Gasteiger partial charge < -0.3 is 14.8 Å². The van der Waals surface area contributed by atoms with Gasteiger partial charge in [-0.15, -0.1) is 0 Å². The van der Waals surface area contributed by atoms with E-state index >= 15 is 0 Å². The minimum Gasteiger partial charge on any atom is -0.368 e. The predicted molar refractivity (Wildman–Crippen MR) is 105 cm³/mol. The molecule has 0 aliphatic carbocycles. The number of H-pyrrole nitrogens is 1. The first-order valence-electron chi connectivity index (χ1n) is 9.10. The second kappa shape index (κ2) is 6.48. The summed E-state index contributed by atoms with van der Waals surface area (Å²) in [5.41, 5.74) is 6.29. The average Bonchev–Trinajstić information content (AvgIpc) is 3.04. The Morgan fingerprint density at radius 3 is 2.50 bits per heavy atom. The standard InChI is InChI=1S/C21H24N4O/c1-14-6-4-9-19(15(14)2)24-10-12-25(13-11-24)21(26)17-7-5-8-18-20(17)23-16(3)22-18/h4-9H,10-13H2,1-3H3,(H,22,23). The topological polar surface area (TPSA) is 52.2 Å². The van der Waals surface area contributed by atoms with Gasteiger partial charge in [-0.2, -0.15) is 0 Å². The number of aromatic amines is 1. The van der Waals surface area contributed by atoms with Crippen molar-refractivity contribution >= 4 is 22.6 Å². The maximum Gasteiger partial charge on any atom is 0.256 e. The van der Waals surface area contributed by atoms with Crippen LogP contribution in [0.5, 0.6) is 0 Å². The number of anilines is 1. The summed E-state index contributed by atoms with van der Waals surface area (Å²) in [5, 5.41) is 0. The number of fused-ring (bicyclic) bond motifs is 1. The third-order valence-electron chi connectivity index (χ3n) is 5.35. The van der Waals surface area contributed by atoms with Crippen LogP contribution < -0.4 is 4.90 Å². The van der Waals surface area contributed by atoms with Crippen LogP contribution >= 0.6 is 0 Å². The molecule has 4 rings (SSSR count). The van der Waals surface area contributed by atoms with Crippen molar-refractivity contribution in [1.82, 2.24) is 14.9 Å². The lowest BCUT2D eigenvalue weighted by Crippen LogP contribution is -2.49. The molecule has 0 spiro atoms. The lowest BCUT2D eigenvalue weighted by molar-refractivity contribution is 0.0748. The number of benzene rings is 2. The highest BCUT2D eigenvalue weighted by atomic mass is 16.2. The van der Waals surface area contributed by atoms with E-state index in [1.54, 1.807) is 0 Å². The number of rotatable bonds is 2. The first kappa shape index (κ1) is 16.6. The highest BCUT2D eigenvalue weighted by Crippen LogP contribution is 2.25. The Kier molecular flexibility index (Phi) is 4.15. The molecule has 0 atom stereocenters. The van der Waals surface area contributed by atoms with E-state index in [-0.39, 0.29) is 5.91 Å². The average molecular weight is 348 g/mol. The molecule has 1 N–H and O–H groups in total. The van der Waals surface area contributed by atoms with Crippen molar-refractivity contribution in [2.75, 3.05) is 31.1 Å². The lowest BCUT2D eigenvalue weighted by atomic mass is 10.1. The van der Waals surface area contributed by atoms with Gasteiger partial charge in [0.2, 0.25) is 0 Å². The van der Waals surface area contributed by atoms with Crippen LogP contribution in [0.25, 0.3) is 11.0 Å². The van der Waals surface area contributed by atoms with E-state index in [1.807, 2.05) is 30.0 Å². The Labute approximate surface area is 153 Å². The maximum atomic E-state index is 13.0. The highest BCUT2D eigenvalue weighted by molar-refractivity contribution is 6.05. The number of nitrogens with zero attached hydrogens (tertiary/aromatic N) is 3. The molecule has 0 bridgehead atoms. The van der Waals surface area contributed by atoms with E-state index in [0.29, 0.717) is 5.56 Å². The summed E-state index contributed by atoms with van der Waals surface area (Å²) >= 11 is 0. The number of carbonyl (C=O) groups excluding carboxylic acids is 1. The molecule has 2 heterocycles. The Morgan fingerprint density at radius 2 is 1.73 bits per heavy atom. The smallest absolute Gasteiger partial charge is 0.256 e. The van der Waals surface area contributed by atoms with Gasteiger partial charge in [0.25, 0.3) is 5.91 Å². The fourth-order valence-electron chi connectivity index (χ4n) is 3.73. The highest BCUT2D eigenvalue weighted by Gasteiger charge is 2.25. The van der Waals surface area contributed by atoms with Gasteiger partial charge in [-0.3, -0.25) is 4.79 Å². The second-order valence-corrected chi connectivity index (χ2v) is 7.02. The van der Waals surface area contributed by atoms with E-state index in [2.05, 4.69) is 46.9 Å². The summed E-state index contributed by atoms with van der Waals surface area (Å²) in [6, 6.07) is 12.2. The second-order valence-electron chi connectivity index (χ2n) is 7.02. The van der Waals surface area contributed by atoms with Gasteiger partial charge in [-0.1, -0.05) is 18.2 Å². The number of imidazole rings is 1. The fourth-order valence-corrected chi connectivity index (χ4v) is 3.73. The van der Waals surface area contributed by atoms with Crippen molar-refractivity contribution < 1.29 is 4.79 Å². The monoisotopic (exact) mass is 348 g/mol. The zero-order chi connectivity index (χ0) is 18.3. The minimum absolute atomic E-state index is 0.0720. The molecule has 2 aromatic carbocycles. The van der Waals surface area contributed by atoms with Gasteiger partial charge in [-0.25, -0.2) is 4.98 Å². The van der Waals surface area contributed by atoms with Crippen molar-refractivity contribution in [2.24, 2.45) is 0 Å². The van der Waals surface area contributed by atoms with Gasteiger partial charge in [-0.05, 0) is 50.1 Å². The minimum atomic E-state index is 0.0720. The molecule has 5 nitrogen and oxygen atoms in total. The van der Waals surface area contributed by atoms with Crippen LogP contribution in [0.2, 0.25) is 0 Å². The van der Waals surface area contributed by atoms with Crippen LogP contribution in [0.1, 0.15) is 27.3 Å². The number of carbonyl (C=O) groups is 1. The molecule has 1 fully saturated rings. The molecule has 26 heavy (non-hydrogen) atoms. The normalized spacial score (nSPS) is 14.9. The van der Waals surface area contributed by atoms with Gasteiger partial charge in [0.05, 0.1) is 11.1 Å². The predicted octanol–water partition coefficient (Wildman–Crippen LogP) is 3.45. The number of amides is 1. The van der Waals surface area contributed by atoms with E-state index in [1.165, 1.54) is 16.8 Å². The zero-order valence-electron chi connectivity index (χ0n) is 15.5. The lowest BCUT2D eigenvalue weighted by Gasteiger charge is -2.37. The van der Waals surface area contributed by atoms with Crippen molar-refractivity contribution in [3.63, 3.8) is 0 Å². The van der Waals surface area contributed by atoms with Crippen LogP contribution in [0.3, 0.4) is 0 Å². The van der Waals surface area contributed by atoms with E-state index in [9.17, 15) is 4.79 Å². The van der Waals surface area contributed by atoms with Gasteiger partial charge >= 0.3 is 0 Å². The molecule has 134 valence electrons. The molecular weight excluding hydrogens is 324 g/mol. The number of nitrogens with one attached hydrogen (secondary N) is 1. The van der Waals surface area contributed by atoms with Crippen LogP contribution in [0, 0.1) is 20.8 Å². The molecule has 0 saturated carbocycles. The largest absolute Gasteiger partial charge is 0.368 e. The summed E-state index contributed by atoms with van der Waals surface area (Å²) in [4.78, 5) is 25.1. The van der Waals surface area contributed by atoms with E-state index in [0.717, 1.165) is 43.0 Å². The quantitative estimate of drug-likeness (QED) is 0.772. The van der Waals surface area contributed by atoms with Crippen molar-refractivity contribution in [3.05, 3.63) is 58.9 Å². The van der Waals surface area contributed by atoms with Crippen LogP contribution in [-0.4, -0.2) is 47.0 Å². The molecule has 1 aliphatic heterocycles. The molecule has 1 saturated heterocycles. The van der Waals surface area contributed by atoms with Gasteiger partial charge in [0.1, 0.15) is 11.3 Å². The van der Waals surface area contributed by atoms with E-state index < -0.39 is 0 Å². The van der Waals surface area contributed by atoms with Crippen molar-refractivity contribution in [3.8, 4) is 0 Å². The van der Waals surface area contributed by atoms with Crippen molar-refractivity contribution in [2.45, 2.75) is 20.8 Å². The van der Waals surface area contributed by atoms with Crippen LogP contribution in [0.4, 0.5) is 5.69 Å². The Morgan fingerprint density at radius 1 is 1.00 bits per heavy atom. The van der Waals surface area contributed by atoms with Crippen molar-refractivity contribution in [1.29, 1.82) is 0 Å². The summed E-state index contributed by atoms with van der Waals surface area (Å²) < 4.78 is 0. The molecular formula is C21H24N4O. The number of aryl methyl sites for hydroxylation is 2. The SMILES string of the molecule is Cc1nc2c(C(=O)N3CCN(c4cccc(C)c4C)CC3)cccc2[nH]1. The van der Waals surface area contributed by atoms with Gasteiger partial charge in [0.15, 0.2) is 0 Å². The summed E-state index contributed by atoms with van der Waals surface area (Å²) in [6.45, 7) is 9.39. The number of piperazine rings is 1. The number of aromatic nitrogens is 2. The summed E-state index contributed by atoms with van der Waals surface area (Å²) in [6.07, 6.45) is 0. The molecule has 0 radical (unpaired) electrons. The van der Waals surface area contributed by atoms with Crippen LogP contribution in [-0.2, 0) is 0 Å². The molecule has 1 amide bonds. The Bertz CT molecular complexity index is 967. The molecule has 3 aromatic rings. The number of para-hydroxylation sites is 1. The third kappa shape index (κ3) is 2.83. The Hall–Kier alpha value is -2.82. The molecule has 5 heteroatoms. The third-order valence-corrected chi connectivity index (χ3v) is 5.35. The summed E-state index contributed by atoms with van der Waals surface area (Å²) in [7, 11) is 0. The van der Waals surface area contributed by atoms with E-state index in [4.69, 9.17) is 0 Å². The first-order valence-corrected chi connectivity index (χ1v) is 9.10. The maximum absolute atomic E-state index is 13.0. The number of hydrogen-bond donors (Lipinski definition) is 1. The van der Waals surface area contributed by atoms with Gasteiger partial charge in [0, 0.05) is 31.9 Å². The zero-order valence-corrected chi connectivity index (χ0v) is 15.5. The molecule has 1 aliphatic rings. The molecule has 1 aromatic heterocycles. The number of hydrogen-bond acceptors (Lipinski definition) is 3. The fraction of sp³-hybridized carbons (Fsp3) is 0.333. The summed E-state index contributed by atoms with van der Waals surface area (Å²) in [5.74, 6) is 0.905. The first-order chi connectivity index (χ1) is 12.5. The Balaban J connectivity index is 1.52. The van der Waals surface area contributed by atoms with Crippen LogP contribution in [0.15, 0.2) is 36.4 Å².